The van der Waals surface area contributed by atoms with Crippen LogP contribution in [-0.2, 0) is 0 Å². The third-order valence-corrected chi connectivity index (χ3v) is 11.6. The number of aromatic nitrogens is 1. The second-order valence-corrected chi connectivity index (χ2v) is 14.9. The van der Waals surface area contributed by atoms with Gasteiger partial charge in [-0.3, -0.25) is 0 Å². The summed E-state index contributed by atoms with van der Waals surface area (Å²) >= 11 is 0. The lowest BCUT2D eigenvalue weighted by molar-refractivity contribution is 1.20. The summed E-state index contributed by atoms with van der Waals surface area (Å²) in [6, 6.07) is 83.7. The monoisotopic (exact) mass is 738 g/mol. The van der Waals surface area contributed by atoms with E-state index in [9.17, 15) is 0 Å². The van der Waals surface area contributed by atoms with Crippen LogP contribution < -0.4 is 4.90 Å². The Morgan fingerprint density at radius 2 is 0.776 bits per heavy atom. The van der Waals surface area contributed by atoms with E-state index in [1.54, 1.807) is 0 Å². The molecule has 0 aliphatic carbocycles. The standard InChI is InChI=1S/C56H38N2/c1-3-15-39(16-4-1)41-29-34-45(35-30-41)57(46-36-31-42(32-37-46)40-17-5-2-6-18-40)53-27-14-28-54-55(53)51-24-11-12-26-52(51)58(54)56-48-23-10-8-20-44(48)33-38-50(56)49-25-13-21-43-19-7-9-22-47(43)49/h1-38H. The topological polar surface area (TPSA) is 8.17 Å². The number of rotatable bonds is 7. The maximum Gasteiger partial charge on any atom is 0.0619 e. The summed E-state index contributed by atoms with van der Waals surface area (Å²) < 4.78 is 2.52. The predicted molar refractivity (Wildman–Crippen MR) is 247 cm³/mol. The van der Waals surface area contributed by atoms with E-state index >= 15 is 0 Å². The average Bonchev–Trinajstić information content (AvgIpc) is 3.64. The smallest absolute Gasteiger partial charge is 0.0619 e. The van der Waals surface area contributed by atoms with Gasteiger partial charge in [-0.15, -0.1) is 0 Å². The molecule has 2 nitrogen and oxygen atoms in total. The van der Waals surface area contributed by atoms with E-state index in [-0.39, 0.29) is 0 Å². The lowest BCUT2D eigenvalue weighted by atomic mass is 9.94. The molecule has 0 aliphatic rings. The van der Waals surface area contributed by atoms with Gasteiger partial charge in [0.15, 0.2) is 0 Å². The molecule has 272 valence electrons. The van der Waals surface area contributed by atoms with Crippen LogP contribution in [-0.4, -0.2) is 4.57 Å². The van der Waals surface area contributed by atoms with Gasteiger partial charge in [0.1, 0.15) is 0 Å². The van der Waals surface area contributed by atoms with Crippen LogP contribution in [0.1, 0.15) is 0 Å². The number of anilines is 3. The molecule has 0 amide bonds. The molecular formula is C56H38N2. The van der Waals surface area contributed by atoms with Crippen molar-refractivity contribution in [1.29, 1.82) is 0 Å². The summed E-state index contributed by atoms with van der Waals surface area (Å²) in [5.41, 5.74) is 14.0. The quantitative estimate of drug-likeness (QED) is 0.158. The van der Waals surface area contributed by atoms with Crippen molar-refractivity contribution in [2.45, 2.75) is 0 Å². The number of benzene rings is 10. The highest BCUT2D eigenvalue weighted by Gasteiger charge is 2.24. The molecule has 11 rings (SSSR count). The molecule has 0 aliphatic heterocycles. The second kappa shape index (κ2) is 14.1. The Bertz CT molecular complexity index is 3160. The second-order valence-electron chi connectivity index (χ2n) is 14.9. The molecule has 0 spiro atoms. The molecule has 0 atom stereocenters. The van der Waals surface area contributed by atoms with Gasteiger partial charge in [-0.25, -0.2) is 0 Å². The van der Waals surface area contributed by atoms with Crippen LogP contribution in [0.3, 0.4) is 0 Å². The van der Waals surface area contributed by atoms with Gasteiger partial charge in [-0.1, -0.05) is 188 Å². The fraction of sp³-hybridized carbons (Fsp3) is 0. The van der Waals surface area contributed by atoms with Crippen molar-refractivity contribution in [3.05, 3.63) is 231 Å². The Hall–Kier alpha value is -7.68. The van der Waals surface area contributed by atoms with Gasteiger partial charge >= 0.3 is 0 Å². The van der Waals surface area contributed by atoms with Crippen LogP contribution in [0.4, 0.5) is 17.1 Å². The molecule has 1 heterocycles. The molecule has 58 heavy (non-hydrogen) atoms. The Kier molecular flexibility index (Phi) is 8.19. The molecule has 11 aromatic rings. The summed E-state index contributed by atoms with van der Waals surface area (Å²) in [5, 5.41) is 7.31. The molecule has 10 aromatic carbocycles. The maximum absolute atomic E-state index is 2.52. The zero-order valence-corrected chi connectivity index (χ0v) is 31.8. The number of hydrogen-bond donors (Lipinski definition) is 0. The lowest BCUT2D eigenvalue weighted by Gasteiger charge is -2.27. The minimum absolute atomic E-state index is 1.10. The van der Waals surface area contributed by atoms with Crippen molar-refractivity contribution in [1.82, 2.24) is 4.57 Å². The van der Waals surface area contributed by atoms with E-state index in [2.05, 4.69) is 240 Å². The van der Waals surface area contributed by atoms with Gasteiger partial charge in [-0.2, -0.15) is 0 Å². The molecule has 0 bridgehead atoms. The normalized spacial score (nSPS) is 11.4. The van der Waals surface area contributed by atoms with E-state index < -0.39 is 0 Å². The molecule has 0 unspecified atom stereocenters. The lowest BCUT2D eigenvalue weighted by Crippen LogP contribution is -2.10. The molecule has 0 N–H and O–H groups in total. The molecular weight excluding hydrogens is 701 g/mol. The Balaban J connectivity index is 1.18. The van der Waals surface area contributed by atoms with Crippen molar-refractivity contribution >= 4 is 60.4 Å². The highest BCUT2D eigenvalue weighted by Crippen LogP contribution is 2.47. The van der Waals surface area contributed by atoms with Crippen molar-refractivity contribution in [3.8, 4) is 39.1 Å². The van der Waals surface area contributed by atoms with E-state index in [0.717, 1.165) is 22.6 Å². The fourth-order valence-electron chi connectivity index (χ4n) is 8.90. The number of para-hydroxylation sites is 1. The van der Waals surface area contributed by atoms with Gasteiger partial charge in [0, 0.05) is 33.1 Å². The summed E-state index contributed by atoms with van der Waals surface area (Å²) in [6.45, 7) is 0. The maximum atomic E-state index is 2.52. The largest absolute Gasteiger partial charge is 0.310 e. The predicted octanol–water partition coefficient (Wildman–Crippen LogP) is 15.6. The first-order valence-corrected chi connectivity index (χ1v) is 19.9. The van der Waals surface area contributed by atoms with Crippen molar-refractivity contribution < 1.29 is 0 Å². The molecule has 2 heteroatoms. The Morgan fingerprint density at radius 1 is 0.293 bits per heavy atom. The summed E-state index contributed by atoms with van der Waals surface area (Å²) in [7, 11) is 0. The van der Waals surface area contributed by atoms with Crippen molar-refractivity contribution in [3.63, 3.8) is 0 Å². The first-order chi connectivity index (χ1) is 28.8. The highest BCUT2D eigenvalue weighted by atomic mass is 15.1. The first-order valence-electron chi connectivity index (χ1n) is 19.9. The third kappa shape index (κ3) is 5.66. The summed E-state index contributed by atoms with van der Waals surface area (Å²) in [6.07, 6.45) is 0. The zero-order valence-electron chi connectivity index (χ0n) is 31.8. The molecule has 0 radical (unpaired) electrons. The summed E-state index contributed by atoms with van der Waals surface area (Å²) in [5.74, 6) is 0. The average molecular weight is 739 g/mol. The highest BCUT2D eigenvalue weighted by molar-refractivity contribution is 6.18. The number of hydrogen-bond acceptors (Lipinski definition) is 1. The molecule has 0 fully saturated rings. The van der Waals surface area contributed by atoms with Crippen molar-refractivity contribution in [2.24, 2.45) is 0 Å². The summed E-state index contributed by atoms with van der Waals surface area (Å²) in [4.78, 5) is 2.43. The van der Waals surface area contributed by atoms with Crippen molar-refractivity contribution in [2.75, 3.05) is 4.90 Å². The molecule has 0 saturated heterocycles. The van der Waals surface area contributed by atoms with E-state index in [1.165, 1.54) is 76.9 Å². The van der Waals surface area contributed by atoms with Crippen LogP contribution in [0.2, 0.25) is 0 Å². The third-order valence-electron chi connectivity index (χ3n) is 11.6. The number of fused-ring (bicyclic) bond motifs is 5. The Labute approximate surface area is 338 Å². The fourth-order valence-corrected chi connectivity index (χ4v) is 8.90. The first kappa shape index (κ1) is 33.6. The van der Waals surface area contributed by atoms with Gasteiger partial charge in [0.2, 0.25) is 0 Å². The molecule has 0 saturated carbocycles. The van der Waals surface area contributed by atoms with Crippen LogP contribution in [0.25, 0.3) is 82.4 Å². The SMILES string of the molecule is c1ccc(-c2ccc(N(c3ccc(-c4ccccc4)cc3)c3cccc4c3c3ccccc3n4-c3c(-c4cccc5ccccc45)ccc4ccccc34)cc2)cc1. The van der Waals surface area contributed by atoms with Gasteiger partial charge in [0.25, 0.3) is 0 Å². The Morgan fingerprint density at radius 3 is 1.43 bits per heavy atom. The zero-order chi connectivity index (χ0) is 38.4. The van der Waals surface area contributed by atoms with Crippen LogP contribution in [0, 0.1) is 0 Å². The van der Waals surface area contributed by atoms with Gasteiger partial charge in [0.05, 0.1) is 22.4 Å². The van der Waals surface area contributed by atoms with Crippen LogP contribution in [0.5, 0.6) is 0 Å². The van der Waals surface area contributed by atoms with Gasteiger partial charge < -0.3 is 9.47 Å². The van der Waals surface area contributed by atoms with Crippen LogP contribution >= 0.6 is 0 Å². The van der Waals surface area contributed by atoms with Crippen LogP contribution in [0.15, 0.2) is 231 Å². The minimum atomic E-state index is 1.10. The van der Waals surface area contributed by atoms with E-state index in [0.29, 0.717) is 0 Å². The van der Waals surface area contributed by atoms with E-state index in [4.69, 9.17) is 0 Å². The van der Waals surface area contributed by atoms with Gasteiger partial charge in [-0.05, 0) is 86.4 Å². The number of nitrogens with zero attached hydrogens (tertiary/aromatic N) is 2. The van der Waals surface area contributed by atoms with E-state index in [1.807, 2.05) is 0 Å². The minimum Gasteiger partial charge on any atom is -0.310 e. The molecule has 1 aromatic heterocycles.